The van der Waals surface area contributed by atoms with Crippen molar-refractivity contribution in [3.63, 3.8) is 0 Å². The highest BCUT2D eigenvalue weighted by molar-refractivity contribution is 6.51. The first-order valence-electron chi connectivity index (χ1n) is 9.93. The normalized spacial score (nSPS) is 17.3. The molecule has 2 N–H and O–H groups in total. The highest BCUT2D eigenvalue weighted by atomic mass is 35.5. The smallest absolute Gasteiger partial charge is 0.300 e. The number of Topliss-reactive ketones (excluding diaryl/α,β-unsaturated/α-hetero) is 1. The summed E-state index contributed by atoms with van der Waals surface area (Å²) in [4.78, 5) is 27.6. The molecule has 0 aromatic heterocycles. The number of carbonyl (C=O) groups excluding carboxylic acids is 2. The molecule has 1 atom stereocenters. The number of aliphatic hydroxyl groups is 1. The monoisotopic (exact) mass is 465 g/mol. The molecule has 0 saturated carbocycles. The molecule has 3 aromatic carbocycles. The van der Waals surface area contributed by atoms with Crippen molar-refractivity contribution < 1.29 is 29.3 Å². The zero-order valence-electron chi connectivity index (χ0n) is 17.8. The molecular formula is C25H20ClNO6. The van der Waals surface area contributed by atoms with Crippen molar-refractivity contribution in [2.75, 3.05) is 19.1 Å². The van der Waals surface area contributed by atoms with Gasteiger partial charge in [-0.1, -0.05) is 23.7 Å². The lowest BCUT2D eigenvalue weighted by Crippen LogP contribution is -2.29. The van der Waals surface area contributed by atoms with Crippen LogP contribution in [0.3, 0.4) is 0 Å². The van der Waals surface area contributed by atoms with Crippen LogP contribution >= 0.6 is 11.6 Å². The summed E-state index contributed by atoms with van der Waals surface area (Å²) in [6.45, 7) is 0. The first-order chi connectivity index (χ1) is 15.8. The van der Waals surface area contributed by atoms with Crippen LogP contribution in [0.5, 0.6) is 17.2 Å². The number of ketones is 1. The number of benzene rings is 3. The molecule has 1 saturated heterocycles. The van der Waals surface area contributed by atoms with Gasteiger partial charge < -0.3 is 19.7 Å². The number of rotatable bonds is 5. The fourth-order valence-corrected chi connectivity index (χ4v) is 3.96. The predicted octanol–water partition coefficient (Wildman–Crippen LogP) is 4.69. The number of phenols is 1. The van der Waals surface area contributed by atoms with Gasteiger partial charge in [0.25, 0.3) is 11.7 Å². The van der Waals surface area contributed by atoms with Crippen molar-refractivity contribution in [2.24, 2.45) is 0 Å². The van der Waals surface area contributed by atoms with Crippen LogP contribution in [0, 0.1) is 0 Å². The van der Waals surface area contributed by atoms with Gasteiger partial charge in [-0.15, -0.1) is 0 Å². The Morgan fingerprint density at radius 1 is 0.939 bits per heavy atom. The molecule has 0 bridgehead atoms. The predicted molar refractivity (Wildman–Crippen MR) is 124 cm³/mol. The minimum absolute atomic E-state index is 0.0492. The van der Waals surface area contributed by atoms with Crippen LogP contribution in [0.15, 0.2) is 72.3 Å². The minimum atomic E-state index is -0.989. The van der Waals surface area contributed by atoms with Crippen molar-refractivity contribution in [3.8, 4) is 17.2 Å². The zero-order valence-corrected chi connectivity index (χ0v) is 18.5. The third kappa shape index (κ3) is 3.99. The van der Waals surface area contributed by atoms with E-state index in [9.17, 15) is 19.8 Å². The summed E-state index contributed by atoms with van der Waals surface area (Å²) in [6.07, 6.45) is 0. The molecular weight excluding hydrogens is 446 g/mol. The Hall–Kier alpha value is -3.97. The van der Waals surface area contributed by atoms with Crippen LogP contribution < -0.4 is 14.4 Å². The number of aliphatic hydroxyl groups excluding tert-OH is 1. The quantitative estimate of drug-likeness (QED) is 0.322. The molecule has 168 valence electrons. The third-order valence-electron chi connectivity index (χ3n) is 5.43. The Bertz CT molecular complexity index is 1270. The topological polar surface area (TPSA) is 96.3 Å². The molecule has 1 heterocycles. The Morgan fingerprint density at radius 2 is 1.64 bits per heavy atom. The molecule has 0 radical (unpaired) electrons. The second-order valence-corrected chi connectivity index (χ2v) is 7.72. The molecule has 0 spiro atoms. The molecule has 1 aliphatic heterocycles. The maximum absolute atomic E-state index is 13.2. The standard InChI is InChI=1S/C25H20ClNO6/c1-32-17-9-6-14(7-10-17)23(29)21-22(15-8-11-20(28)19(26)12-15)27(25(31)24(21)30)16-4-3-5-18(13-16)33-2/h3-13,22,28-29H,1-2H3/b23-21-. The maximum Gasteiger partial charge on any atom is 0.300 e. The van der Waals surface area contributed by atoms with E-state index in [1.807, 2.05) is 0 Å². The molecule has 7 nitrogen and oxygen atoms in total. The van der Waals surface area contributed by atoms with Crippen molar-refractivity contribution in [1.82, 2.24) is 0 Å². The summed E-state index contributed by atoms with van der Waals surface area (Å²) in [5.41, 5.74) is 1.08. The van der Waals surface area contributed by atoms with Gasteiger partial charge in [0.2, 0.25) is 0 Å². The first-order valence-corrected chi connectivity index (χ1v) is 10.3. The fraction of sp³-hybridized carbons (Fsp3) is 0.120. The van der Waals surface area contributed by atoms with Gasteiger partial charge in [0.1, 0.15) is 23.0 Å². The second-order valence-electron chi connectivity index (χ2n) is 7.31. The van der Waals surface area contributed by atoms with E-state index in [0.717, 1.165) is 0 Å². The Kier molecular flexibility index (Phi) is 5.98. The number of aromatic hydroxyl groups is 1. The lowest BCUT2D eigenvalue weighted by molar-refractivity contribution is -0.132. The second kappa shape index (κ2) is 8.88. The summed E-state index contributed by atoms with van der Waals surface area (Å²) < 4.78 is 10.4. The summed E-state index contributed by atoms with van der Waals surface area (Å²) in [7, 11) is 3.01. The van der Waals surface area contributed by atoms with Gasteiger partial charge >= 0.3 is 0 Å². The van der Waals surface area contributed by atoms with E-state index in [0.29, 0.717) is 28.3 Å². The van der Waals surface area contributed by atoms with Gasteiger partial charge in [0.15, 0.2) is 0 Å². The Labute approximate surface area is 195 Å². The average molecular weight is 466 g/mol. The van der Waals surface area contributed by atoms with Gasteiger partial charge in [0, 0.05) is 17.3 Å². The highest BCUT2D eigenvalue weighted by Gasteiger charge is 2.47. The Morgan fingerprint density at radius 3 is 2.27 bits per heavy atom. The Balaban J connectivity index is 1.94. The van der Waals surface area contributed by atoms with Crippen LogP contribution in [0.1, 0.15) is 17.2 Å². The number of halogens is 1. The molecule has 1 amide bonds. The van der Waals surface area contributed by atoms with E-state index >= 15 is 0 Å². The van der Waals surface area contributed by atoms with Crippen molar-refractivity contribution in [1.29, 1.82) is 0 Å². The summed E-state index contributed by atoms with van der Waals surface area (Å²) in [5.74, 6) is -1.07. The van der Waals surface area contributed by atoms with Crippen LogP contribution in [-0.4, -0.2) is 36.1 Å². The number of phenolic OH excluding ortho intramolecular Hbond substituents is 1. The van der Waals surface area contributed by atoms with E-state index in [1.165, 1.54) is 31.3 Å². The highest BCUT2D eigenvalue weighted by Crippen LogP contribution is 2.44. The molecule has 33 heavy (non-hydrogen) atoms. The largest absolute Gasteiger partial charge is 0.507 e. The van der Waals surface area contributed by atoms with E-state index in [1.54, 1.807) is 54.6 Å². The van der Waals surface area contributed by atoms with Crippen LogP contribution in [0.2, 0.25) is 5.02 Å². The molecule has 4 rings (SSSR count). The van der Waals surface area contributed by atoms with Crippen molar-refractivity contribution >= 4 is 34.7 Å². The molecule has 0 aliphatic carbocycles. The van der Waals surface area contributed by atoms with Gasteiger partial charge in [-0.2, -0.15) is 0 Å². The van der Waals surface area contributed by atoms with Crippen LogP contribution in [0.4, 0.5) is 5.69 Å². The average Bonchev–Trinajstić information content (AvgIpc) is 3.10. The summed E-state index contributed by atoms with van der Waals surface area (Å²) in [6, 6.07) is 16.5. The van der Waals surface area contributed by atoms with Crippen LogP contribution in [-0.2, 0) is 9.59 Å². The summed E-state index contributed by atoms with van der Waals surface area (Å²) in [5, 5.41) is 21.0. The number of methoxy groups -OCH3 is 2. The number of nitrogens with zero attached hydrogens (tertiary/aromatic N) is 1. The van der Waals surface area contributed by atoms with Crippen LogP contribution in [0.25, 0.3) is 5.76 Å². The van der Waals surface area contributed by atoms with Gasteiger partial charge in [-0.3, -0.25) is 14.5 Å². The first kappa shape index (κ1) is 22.2. The zero-order chi connectivity index (χ0) is 23.7. The van der Waals surface area contributed by atoms with E-state index in [2.05, 4.69) is 0 Å². The molecule has 8 heteroatoms. The van der Waals surface area contributed by atoms with Crippen molar-refractivity contribution in [3.05, 3.63) is 88.5 Å². The van der Waals surface area contributed by atoms with Gasteiger partial charge in [-0.05, 0) is 54.1 Å². The molecule has 1 unspecified atom stereocenters. The summed E-state index contributed by atoms with van der Waals surface area (Å²) >= 11 is 6.13. The van der Waals surface area contributed by atoms with Gasteiger partial charge in [-0.25, -0.2) is 0 Å². The SMILES string of the molecule is COc1ccc(/C(O)=C2/C(=O)C(=O)N(c3cccc(OC)c3)C2c2ccc(O)c(Cl)c2)cc1. The van der Waals surface area contributed by atoms with Crippen molar-refractivity contribution in [2.45, 2.75) is 6.04 Å². The minimum Gasteiger partial charge on any atom is -0.507 e. The van der Waals surface area contributed by atoms with E-state index in [4.69, 9.17) is 21.1 Å². The number of hydrogen-bond donors (Lipinski definition) is 2. The third-order valence-corrected chi connectivity index (χ3v) is 5.73. The lowest BCUT2D eigenvalue weighted by Gasteiger charge is -2.26. The number of anilines is 1. The maximum atomic E-state index is 13.2. The fourth-order valence-electron chi connectivity index (χ4n) is 3.77. The number of amides is 1. The molecule has 1 aliphatic rings. The van der Waals surface area contributed by atoms with E-state index < -0.39 is 17.7 Å². The number of ether oxygens (including phenoxy) is 2. The molecule has 1 fully saturated rings. The number of carbonyl (C=O) groups is 2. The lowest BCUT2D eigenvalue weighted by atomic mass is 9.95. The van der Waals surface area contributed by atoms with E-state index in [-0.39, 0.29) is 22.1 Å². The molecule has 3 aromatic rings. The number of hydrogen-bond acceptors (Lipinski definition) is 6. The van der Waals surface area contributed by atoms with Gasteiger partial charge in [0.05, 0.1) is 30.9 Å².